The number of rotatable bonds is 5. The summed E-state index contributed by atoms with van der Waals surface area (Å²) >= 11 is 0. The second-order valence-electron chi connectivity index (χ2n) is 6.17. The molecular formula is C17H26N2O3S. The van der Waals surface area contributed by atoms with Crippen LogP contribution in [0, 0.1) is 0 Å². The fourth-order valence-corrected chi connectivity index (χ4v) is 3.30. The van der Waals surface area contributed by atoms with Gasteiger partial charge >= 0.3 is 0 Å². The van der Waals surface area contributed by atoms with Crippen LogP contribution < -0.4 is 4.72 Å². The van der Waals surface area contributed by atoms with Gasteiger partial charge < -0.3 is 4.90 Å². The predicted octanol–water partition coefficient (Wildman–Crippen LogP) is 2.18. The quantitative estimate of drug-likeness (QED) is 0.895. The second-order valence-corrected chi connectivity index (χ2v) is 8.01. The SMILES string of the molecule is CS(=O)(=O)NCCc1ccc(C(=O)N2CCCCCCC2)cc1. The molecule has 0 atom stereocenters. The van der Waals surface area contributed by atoms with Gasteiger partial charge in [0.25, 0.3) is 5.91 Å². The van der Waals surface area contributed by atoms with Crippen molar-refractivity contribution >= 4 is 15.9 Å². The molecule has 0 radical (unpaired) electrons. The van der Waals surface area contributed by atoms with Crippen molar-refractivity contribution in [3.63, 3.8) is 0 Å². The van der Waals surface area contributed by atoms with Gasteiger partial charge in [-0.25, -0.2) is 13.1 Å². The fourth-order valence-electron chi connectivity index (χ4n) is 2.83. The molecule has 1 saturated heterocycles. The van der Waals surface area contributed by atoms with Crippen LogP contribution in [0.1, 0.15) is 48.0 Å². The van der Waals surface area contributed by atoms with Gasteiger partial charge in [0, 0.05) is 25.2 Å². The topological polar surface area (TPSA) is 66.5 Å². The van der Waals surface area contributed by atoms with Crippen LogP contribution in [0.5, 0.6) is 0 Å². The molecule has 23 heavy (non-hydrogen) atoms. The van der Waals surface area contributed by atoms with Crippen molar-refractivity contribution in [3.8, 4) is 0 Å². The van der Waals surface area contributed by atoms with Crippen LogP contribution in [-0.4, -0.2) is 45.1 Å². The lowest BCUT2D eigenvalue weighted by Gasteiger charge is -2.25. The molecular weight excluding hydrogens is 312 g/mol. The van der Waals surface area contributed by atoms with Crippen molar-refractivity contribution in [2.45, 2.75) is 38.5 Å². The third kappa shape index (κ3) is 6.31. The van der Waals surface area contributed by atoms with Crippen molar-refractivity contribution in [1.82, 2.24) is 9.62 Å². The van der Waals surface area contributed by atoms with E-state index in [0.717, 1.165) is 37.8 Å². The summed E-state index contributed by atoms with van der Waals surface area (Å²) in [5.74, 6) is 0.104. The van der Waals surface area contributed by atoms with Crippen molar-refractivity contribution in [1.29, 1.82) is 0 Å². The van der Waals surface area contributed by atoms with Crippen LogP contribution in [0.2, 0.25) is 0 Å². The Kier molecular flexibility index (Phi) is 6.59. The van der Waals surface area contributed by atoms with E-state index < -0.39 is 10.0 Å². The molecule has 0 aliphatic carbocycles. The predicted molar refractivity (Wildman–Crippen MR) is 92.0 cm³/mol. The zero-order valence-electron chi connectivity index (χ0n) is 13.8. The smallest absolute Gasteiger partial charge is 0.253 e. The molecule has 1 aromatic carbocycles. The zero-order chi connectivity index (χ0) is 16.7. The minimum Gasteiger partial charge on any atom is -0.339 e. The first-order valence-electron chi connectivity index (χ1n) is 8.28. The summed E-state index contributed by atoms with van der Waals surface area (Å²) in [7, 11) is -3.15. The monoisotopic (exact) mass is 338 g/mol. The van der Waals surface area contributed by atoms with E-state index in [1.807, 2.05) is 29.2 Å². The first-order chi connectivity index (χ1) is 11.0. The lowest BCUT2D eigenvalue weighted by atomic mass is 10.1. The molecule has 0 unspecified atom stereocenters. The molecule has 1 aliphatic rings. The summed E-state index contributed by atoms with van der Waals surface area (Å²) in [6, 6.07) is 7.50. The van der Waals surface area contributed by atoms with Gasteiger partial charge in [0.05, 0.1) is 6.26 Å². The molecule has 1 fully saturated rings. The van der Waals surface area contributed by atoms with Gasteiger partial charge in [-0.1, -0.05) is 31.4 Å². The van der Waals surface area contributed by atoms with Crippen LogP contribution in [0.4, 0.5) is 0 Å². The Bertz CT molecular complexity index is 603. The Morgan fingerprint density at radius 3 is 2.17 bits per heavy atom. The lowest BCUT2D eigenvalue weighted by molar-refractivity contribution is 0.0742. The number of carbonyl (C=O) groups excluding carboxylic acids is 1. The molecule has 1 amide bonds. The summed E-state index contributed by atoms with van der Waals surface area (Å²) in [5.41, 5.74) is 1.73. The van der Waals surface area contributed by atoms with Gasteiger partial charge in [-0.2, -0.15) is 0 Å². The first-order valence-corrected chi connectivity index (χ1v) is 10.2. The zero-order valence-corrected chi connectivity index (χ0v) is 14.6. The lowest BCUT2D eigenvalue weighted by Crippen LogP contribution is -2.33. The van der Waals surface area contributed by atoms with Gasteiger partial charge in [-0.3, -0.25) is 4.79 Å². The van der Waals surface area contributed by atoms with E-state index in [2.05, 4.69) is 4.72 Å². The van der Waals surface area contributed by atoms with Crippen LogP contribution in [0.3, 0.4) is 0 Å². The Balaban J connectivity index is 1.91. The van der Waals surface area contributed by atoms with Crippen LogP contribution in [-0.2, 0) is 16.4 Å². The number of amides is 1. The first kappa shape index (κ1) is 17.9. The maximum Gasteiger partial charge on any atom is 0.253 e. The Labute approximate surface area is 139 Å². The van der Waals surface area contributed by atoms with Gasteiger partial charge in [0.1, 0.15) is 0 Å². The molecule has 0 bridgehead atoms. The van der Waals surface area contributed by atoms with Gasteiger partial charge in [-0.15, -0.1) is 0 Å². The maximum atomic E-state index is 12.6. The number of benzene rings is 1. The third-order valence-electron chi connectivity index (χ3n) is 4.12. The van der Waals surface area contributed by atoms with Crippen LogP contribution in [0.15, 0.2) is 24.3 Å². The van der Waals surface area contributed by atoms with Gasteiger partial charge in [0.2, 0.25) is 10.0 Å². The Morgan fingerprint density at radius 1 is 1.04 bits per heavy atom. The number of sulfonamides is 1. The standard InChI is InChI=1S/C17H26N2O3S/c1-23(21,22)18-12-11-15-7-9-16(10-8-15)17(20)19-13-5-3-2-4-6-14-19/h7-10,18H,2-6,11-14H2,1H3. The molecule has 0 saturated carbocycles. The Morgan fingerprint density at radius 2 is 1.61 bits per heavy atom. The number of hydrogen-bond acceptors (Lipinski definition) is 3. The van der Waals surface area contributed by atoms with E-state index in [1.165, 1.54) is 19.3 Å². The van der Waals surface area contributed by atoms with Crippen molar-refractivity contribution in [3.05, 3.63) is 35.4 Å². The largest absolute Gasteiger partial charge is 0.339 e. The number of nitrogens with one attached hydrogen (secondary N) is 1. The molecule has 6 heteroatoms. The molecule has 5 nitrogen and oxygen atoms in total. The average molecular weight is 338 g/mol. The highest BCUT2D eigenvalue weighted by molar-refractivity contribution is 7.88. The van der Waals surface area contributed by atoms with E-state index in [-0.39, 0.29) is 5.91 Å². The minimum absolute atomic E-state index is 0.104. The molecule has 1 N–H and O–H groups in total. The molecule has 1 aromatic rings. The van der Waals surface area contributed by atoms with Crippen molar-refractivity contribution in [2.24, 2.45) is 0 Å². The fraction of sp³-hybridized carbons (Fsp3) is 0.588. The van der Waals surface area contributed by atoms with E-state index in [9.17, 15) is 13.2 Å². The summed E-state index contributed by atoms with van der Waals surface area (Å²) in [5, 5.41) is 0. The summed E-state index contributed by atoms with van der Waals surface area (Å²) in [6.45, 7) is 2.07. The highest BCUT2D eigenvalue weighted by atomic mass is 32.2. The van der Waals surface area contributed by atoms with E-state index in [0.29, 0.717) is 18.5 Å². The highest BCUT2D eigenvalue weighted by Crippen LogP contribution is 2.14. The summed E-state index contributed by atoms with van der Waals surface area (Å²) in [6.07, 6.45) is 7.62. The molecule has 0 aromatic heterocycles. The molecule has 2 rings (SSSR count). The highest BCUT2D eigenvalue weighted by Gasteiger charge is 2.16. The summed E-state index contributed by atoms with van der Waals surface area (Å²) in [4.78, 5) is 14.5. The van der Waals surface area contributed by atoms with Crippen LogP contribution in [0.25, 0.3) is 0 Å². The van der Waals surface area contributed by atoms with E-state index >= 15 is 0 Å². The van der Waals surface area contributed by atoms with Gasteiger partial charge in [0.15, 0.2) is 0 Å². The minimum atomic E-state index is -3.15. The van der Waals surface area contributed by atoms with Crippen molar-refractivity contribution in [2.75, 3.05) is 25.9 Å². The van der Waals surface area contributed by atoms with E-state index in [1.54, 1.807) is 0 Å². The molecule has 1 aliphatic heterocycles. The second kappa shape index (κ2) is 8.45. The number of likely N-dealkylation sites (tertiary alicyclic amines) is 1. The molecule has 1 heterocycles. The normalized spacial score (nSPS) is 16.7. The van der Waals surface area contributed by atoms with Crippen molar-refractivity contribution < 1.29 is 13.2 Å². The third-order valence-corrected chi connectivity index (χ3v) is 4.85. The van der Waals surface area contributed by atoms with Gasteiger partial charge in [-0.05, 0) is 37.0 Å². The average Bonchev–Trinajstić information content (AvgIpc) is 2.46. The number of hydrogen-bond donors (Lipinski definition) is 1. The molecule has 128 valence electrons. The molecule has 0 spiro atoms. The summed E-state index contributed by atoms with van der Waals surface area (Å²) < 4.78 is 24.5. The number of nitrogens with zero attached hydrogens (tertiary/aromatic N) is 1. The maximum absolute atomic E-state index is 12.6. The number of carbonyl (C=O) groups is 1. The van der Waals surface area contributed by atoms with E-state index in [4.69, 9.17) is 0 Å². The Hall–Kier alpha value is -1.40. The van der Waals surface area contributed by atoms with Crippen LogP contribution >= 0.6 is 0 Å².